The number of sulfonamides is 1. The predicted molar refractivity (Wildman–Crippen MR) is 126 cm³/mol. The summed E-state index contributed by atoms with van der Waals surface area (Å²) in [6, 6.07) is 11.7. The lowest BCUT2D eigenvalue weighted by atomic mass is 10.2. The molecule has 0 aromatic heterocycles. The van der Waals surface area contributed by atoms with Crippen molar-refractivity contribution in [1.82, 2.24) is 4.31 Å². The van der Waals surface area contributed by atoms with Gasteiger partial charge in [0.15, 0.2) is 17.2 Å². The maximum absolute atomic E-state index is 13.2. The highest BCUT2D eigenvalue weighted by molar-refractivity contribution is 7.89. The van der Waals surface area contributed by atoms with Crippen molar-refractivity contribution in [3.63, 3.8) is 0 Å². The Bertz CT molecular complexity index is 1040. The summed E-state index contributed by atoms with van der Waals surface area (Å²) < 4.78 is 44.5. The number of ether oxygens (including phenoxy) is 3. The number of benzene rings is 2. The molecule has 1 aliphatic heterocycles. The Morgan fingerprint density at radius 3 is 2.45 bits per heavy atom. The third kappa shape index (κ3) is 6.69. The number of methoxy groups -OCH3 is 1. The minimum atomic E-state index is -3.67. The Balaban J connectivity index is 1.88. The number of rotatable bonds is 11. The van der Waals surface area contributed by atoms with Gasteiger partial charge in [-0.3, -0.25) is 4.79 Å². The van der Waals surface area contributed by atoms with Gasteiger partial charge in [0, 0.05) is 32.7 Å². The molecule has 1 saturated heterocycles. The maximum atomic E-state index is 13.2. The van der Waals surface area contributed by atoms with Crippen LogP contribution in [0, 0.1) is 0 Å². The van der Waals surface area contributed by atoms with E-state index in [1.165, 1.54) is 23.5 Å². The molecule has 33 heavy (non-hydrogen) atoms. The SMILES string of the molecule is CCOCCCC(=O)Nc1cc(S(=O)(=O)N2CCCCC2)ccc1Oc1ccccc1OC. The molecule has 0 saturated carbocycles. The van der Waals surface area contributed by atoms with E-state index in [2.05, 4.69) is 5.32 Å². The highest BCUT2D eigenvalue weighted by Crippen LogP contribution is 2.37. The van der Waals surface area contributed by atoms with Crippen molar-refractivity contribution in [2.24, 2.45) is 0 Å². The molecule has 1 fully saturated rings. The van der Waals surface area contributed by atoms with E-state index >= 15 is 0 Å². The largest absolute Gasteiger partial charge is 0.493 e. The fourth-order valence-electron chi connectivity index (χ4n) is 3.62. The topological polar surface area (TPSA) is 94.2 Å². The normalized spacial score (nSPS) is 14.6. The number of amides is 1. The molecule has 9 heteroatoms. The molecule has 3 rings (SSSR count). The van der Waals surface area contributed by atoms with Crippen LogP contribution in [0.3, 0.4) is 0 Å². The first-order valence-corrected chi connectivity index (χ1v) is 12.7. The van der Waals surface area contributed by atoms with Gasteiger partial charge >= 0.3 is 0 Å². The summed E-state index contributed by atoms with van der Waals surface area (Å²) in [5.74, 6) is 1.07. The highest BCUT2D eigenvalue weighted by Gasteiger charge is 2.27. The average Bonchev–Trinajstić information content (AvgIpc) is 2.83. The predicted octanol–water partition coefficient (Wildman–Crippen LogP) is 4.42. The summed E-state index contributed by atoms with van der Waals surface area (Å²) in [4.78, 5) is 12.7. The number of hydrogen-bond acceptors (Lipinski definition) is 6. The van der Waals surface area contributed by atoms with E-state index in [4.69, 9.17) is 14.2 Å². The number of anilines is 1. The van der Waals surface area contributed by atoms with Crippen LogP contribution in [0.25, 0.3) is 0 Å². The van der Waals surface area contributed by atoms with Gasteiger partial charge in [0.05, 0.1) is 17.7 Å². The Morgan fingerprint density at radius 2 is 1.76 bits per heavy atom. The highest BCUT2D eigenvalue weighted by atomic mass is 32.2. The van der Waals surface area contributed by atoms with E-state index in [9.17, 15) is 13.2 Å². The number of carbonyl (C=O) groups is 1. The third-order valence-corrected chi connectivity index (χ3v) is 7.26. The van der Waals surface area contributed by atoms with Crippen LogP contribution in [-0.4, -0.2) is 52.0 Å². The fourth-order valence-corrected chi connectivity index (χ4v) is 5.17. The standard InChI is InChI=1S/C24H32N2O6S/c1-3-31-17-9-12-24(27)25-20-18-19(33(28,29)26-15-7-4-8-16-26)13-14-21(20)32-23-11-6-5-10-22(23)30-2/h5-6,10-11,13-14,18H,3-4,7-9,12,15-17H2,1-2H3,(H,25,27). The van der Waals surface area contributed by atoms with E-state index in [0.717, 1.165) is 19.3 Å². The van der Waals surface area contributed by atoms with Gasteiger partial charge in [0.1, 0.15) is 0 Å². The first-order chi connectivity index (χ1) is 16.0. The molecule has 2 aromatic rings. The van der Waals surface area contributed by atoms with Gasteiger partial charge in [0.2, 0.25) is 15.9 Å². The van der Waals surface area contributed by atoms with Crippen molar-refractivity contribution in [1.29, 1.82) is 0 Å². The minimum Gasteiger partial charge on any atom is -0.493 e. The summed E-state index contributed by atoms with van der Waals surface area (Å²) in [5.41, 5.74) is 0.292. The van der Waals surface area contributed by atoms with Crippen LogP contribution in [0.5, 0.6) is 17.2 Å². The molecule has 1 heterocycles. The monoisotopic (exact) mass is 476 g/mol. The van der Waals surface area contributed by atoms with Crippen molar-refractivity contribution in [3.05, 3.63) is 42.5 Å². The Hall–Kier alpha value is -2.62. The maximum Gasteiger partial charge on any atom is 0.243 e. The minimum absolute atomic E-state index is 0.126. The van der Waals surface area contributed by atoms with Crippen molar-refractivity contribution in [2.75, 3.05) is 38.7 Å². The lowest BCUT2D eigenvalue weighted by Gasteiger charge is -2.26. The van der Waals surface area contributed by atoms with E-state index < -0.39 is 10.0 Å². The molecule has 1 amide bonds. The molecule has 8 nitrogen and oxygen atoms in total. The van der Waals surface area contributed by atoms with Crippen LogP contribution in [0.4, 0.5) is 5.69 Å². The Kier molecular flexibility index (Phi) is 9.11. The number of hydrogen-bond donors (Lipinski definition) is 1. The second-order valence-corrected chi connectivity index (χ2v) is 9.66. The van der Waals surface area contributed by atoms with Gasteiger partial charge in [-0.05, 0) is 56.5 Å². The van der Waals surface area contributed by atoms with Gasteiger partial charge < -0.3 is 19.5 Å². The van der Waals surface area contributed by atoms with Gasteiger partial charge in [-0.2, -0.15) is 4.31 Å². The van der Waals surface area contributed by atoms with Crippen LogP contribution in [0.15, 0.2) is 47.4 Å². The molecule has 0 atom stereocenters. The molecule has 1 N–H and O–H groups in total. The lowest BCUT2D eigenvalue weighted by Crippen LogP contribution is -2.35. The molecule has 0 aliphatic carbocycles. The van der Waals surface area contributed by atoms with Crippen molar-refractivity contribution in [3.8, 4) is 17.2 Å². The van der Waals surface area contributed by atoms with Crippen molar-refractivity contribution < 1.29 is 27.4 Å². The molecular formula is C24H32N2O6S. The van der Waals surface area contributed by atoms with Crippen LogP contribution >= 0.6 is 0 Å². The van der Waals surface area contributed by atoms with E-state index in [1.807, 2.05) is 13.0 Å². The smallest absolute Gasteiger partial charge is 0.243 e. The molecule has 1 aliphatic rings. The molecule has 0 bridgehead atoms. The first-order valence-electron chi connectivity index (χ1n) is 11.3. The van der Waals surface area contributed by atoms with Crippen LogP contribution in [0.1, 0.15) is 39.0 Å². The summed E-state index contributed by atoms with van der Waals surface area (Å²) in [6.45, 7) is 3.98. The van der Waals surface area contributed by atoms with Crippen LogP contribution in [0.2, 0.25) is 0 Å². The van der Waals surface area contributed by atoms with Crippen LogP contribution < -0.4 is 14.8 Å². The second kappa shape index (κ2) is 12.0. The van der Waals surface area contributed by atoms with Crippen molar-refractivity contribution in [2.45, 2.75) is 43.9 Å². The zero-order valence-corrected chi connectivity index (χ0v) is 20.0. The fraction of sp³-hybridized carbons (Fsp3) is 0.458. The molecular weight excluding hydrogens is 444 g/mol. The molecule has 0 radical (unpaired) electrons. The van der Waals surface area contributed by atoms with Crippen LogP contribution in [-0.2, 0) is 19.6 Å². The Labute approximate surface area is 195 Å². The number of piperidine rings is 1. The van der Waals surface area contributed by atoms with Crippen molar-refractivity contribution >= 4 is 21.6 Å². The third-order valence-electron chi connectivity index (χ3n) is 5.36. The number of nitrogens with one attached hydrogen (secondary N) is 1. The zero-order valence-electron chi connectivity index (χ0n) is 19.2. The summed E-state index contributed by atoms with van der Waals surface area (Å²) in [7, 11) is -2.13. The van der Waals surface area contributed by atoms with E-state index in [0.29, 0.717) is 55.7 Å². The molecule has 180 valence electrons. The summed E-state index contributed by atoms with van der Waals surface area (Å²) in [5, 5.41) is 2.82. The second-order valence-electron chi connectivity index (χ2n) is 7.72. The Morgan fingerprint density at radius 1 is 1.03 bits per heavy atom. The number of para-hydroxylation sites is 2. The zero-order chi connectivity index (χ0) is 23.7. The average molecular weight is 477 g/mol. The van der Waals surface area contributed by atoms with Gasteiger partial charge in [-0.15, -0.1) is 0 Å². The molecule has 0 unspecified atom stereocenters. The first kappa shape index (κ1) is 25.0. The number of carbonyl (C=O) groups excluding carboxylic acids is 1. The quantitative estimate of drug-likeness (QED) is 0.483. The van der Waals surface area contributed by atoms with E-state index in [1.54, 1.807) is 24.3 Å². The van der Waals surface area contributed by atoms with E-state index in [-0.39, 0.29) is 17.2 Å². The summed E-state index contributed by atoms with van der Waals surface area (Å²) in [6.07, 6.45) is 3.53. The molecule has 0 spiro atoms. The number of nitrogens with zero attached hydrogens (tertiary/aromatic N) is 1. The van der Waals surface area contributed by atoms with Gasteiger partial charge in [-0.25, -0.2) is 8.42 Å². The lowest BCUT2D eigenvalue weighted by molar-refractivity contribution is -0.116. The molecule has 2 aromatic carbocycles. The van der Waals surface area contributed by atoms with Gasteiger partial charge in [-0.1, -0.05) is 18.6 Å². The van der Waals surface area contributed by atoms with Gasteiger partial charge in [0.25, 0.3) is 0 Å². The summed E-state index contributed by atoms with van der Waals surface area (Å²) >= 11 is 0.